The van der Waals surface area contributed by atoms with Crippen LogP contribution in [0.15, 0.2) is 39.2 Å². The highest BCUT2D eigenvalue weighted by atomic mass is 79.9. The van der Waals surface area contributed by atoms with Crippen molar-refractivity contribution in [1.82, 2.24) is 4.72 Å². The second-order valence-electron chi connectivity index (χ2n) is 3.03. The van der Waals surface area contributed by atoms with Crippen LogP contribution in [0.1, 0.15) is 0 Å². The average molecular weight is 326 g/mol. The fourth-order valence-corrected chi connectivity index (χ4v) is 3.25. The van der Waals surface area contributed by atoms with E-state index in [1.807, 2.05) is 0 Å². The Morgan fingerprint density at radius 1 is 1.56 bits per heavy atom. The third-order valence-corrected chi connectivity index (χ3v) is 4.21. The second-order valence-corrected chi connectivity index (χ2v) is 6.16. The Morgan fingerprint density at radius 3 is 2.69 bits per heavy atom. The summed E-state index contributed by atoms with van der Waals surface area (Å²) in [5.74, 6) is 0. The van der Waals surface area contributed by atoms with Crippen LogP contribution in [0.25, 0.3) is 0 Å². The van der Waals surface area contributed by atoms with Gasteiger partial charge in [-0.2, -0.15) is 0 Å². The summed E-state index contributed by atoms with van der Waals surface area (Å²) in [5.41, 5.74) is 5.99. The van der Waals surface area contributed by atoms with Gasteiger partial charge in [-0.15, -0.1) is 0 Å². The van der Waals surface area contributed by atoms with Crippen molar-refractivity contribution in [2.75, 3.05) is 12.3 Å². The quantitative estimate of drug-likeness (QED) is 0.832. The number of halogens is 2. The van der Waals surface area contributed by atoms with Crippen LogP contribution in [-0.2, 0) is 10.0 Å². The lowest BCUT2D eigenvalue weighted by molar-refractivity contribution is 0.585. The summed E-state index contributed by atoms with van der Waals surface area (Å²) in [6.07, 6.45) is 0. The van der Waals surface area contributed by atoms with E-state index in [-0.39, 0.29) is 16.5 Å². The van der Waals surface area contributed by atoms with Crippen LogP contribution in [0.4, 0.5) is 5.69 Å². The molecule has 1 aromatic carbocycles. The normalized spacial score (nSPS) is 11.4. The molecular weight excluding hydrogens is 316 g/mol. The van der Waals surface area contributed by atoms with Crippen molar-refractivity contribution in [3.63, 3.8) is 0 Å². The molecule has 0 spiro atoms. The summed E-state index contributed by atoms with van der Waals surface area (Å²) in [6, 6.07) is 4.44. The van der Waals surface area contributed by atoms with Crippen molar-refractivity contribution < 1.29 is 8.42 Å². The van der Waals surface area contributed by atoms with E-state index in [0.29, 0.717) is 10.2 Å². The molecule has 1 aromatic rings. The molecule has 0 aliphatic rings. The molecule has 0 radical (unpaired) electrons. The molecule has 1 rings (SSSR count). The van der Waals surface area contributed by atoms with Crippen LogP contribution in [0.3, 0.4) is 0 Å². The van der Waals surface area contributed by atoms with Crippen molar-refractivity contribution in [2.24, 2.45) is 0 Å². The Labute approximate surface area is 108 Å². The molecule has 0 atom stereocenters. The molecular formula is C9H10BrClN2O2S. The van der Waals surface area contributed by atoms with E-state index in [4.69, 9.17) is 17.3 Å². The van der Waals surface area contributed by atoms with Gasteiger partial charge in [0.2, 0.25) is 10.0 Å². The first-order chi connectivity index (χ1) is 7.33. The van der Waals surface area contributed by atoms with Gasteiger partial charge in [0.15, 0.2) is 0 Å². The Balaban J connectivity index is 3.03. The molecule has 16 heavy (non-hydrogen) atoms. The summed E-state index contributed by atoms with van der Waals surface area (Å²) >= 11 is 8.62. The Morgan fingerprint density at radius 2 is 2.19 bits per heavy atom. The Kier molecular flexibility index (Phi) is 4.37. The van der Waals surface area contributed by atoms with Gasteiger partial charge in [-0.25, -0.2) is 13.1 Å². The van der Waals surface area contributed by atoms with Gasteiger partial charge in [0, 0.05) is 21.7 Å². The van der Waals surface area contributed by atoms with Gasteiger partial charge in [0.1, 0.15) is 0 Å². The summed E-state index contributed by atoms with van der Waals surface area (Å²) in [4.78, 5) is 0.111. The Bertz CT molecular complexity index is 516. The number of benzene rings is 1. The molecule has 0 fully saturated rings. The van der Waals surface area contributed by atoms with Gasteiger partial charge in [-0.05, 0) is 34.1 Å². The number of anilines is 1. The van der Waals surface area contributed by atoms with Gasteiger partial charge in [0.25, 0.3) is 0 Å². The molecule has 7 heteroatoms. The minimum absolute atomic E-state index is 0.0132. The molecule has 0 aliphatic heterocycles. The average Bonchev–Trinajstić information content (AvgIpc) is 2.14. The van der Waals surface area contributed by atoms with E-state index in [0.717, 1.165) is 0 Å². The van der Waals surface area contributed by atoms with Gasteiger partial charge in [-0.3, -0.25) is 0 Å². The molecule has 3 N–H and O–H groups in total. The van der Waals surface area contributed by atoms with E-state index >= 15 is 0 Å². The van der Waals surface area contributed by atoms with Gasteiger partial charge >= 0.3 is 0 Å². The van der Waals surface area contributed by atoms with E-state index in [1.54, 1.807) is 0 Å². The third-order valence-electron chi connectivity index (χ3n) is 1.70. The maximum Gasteiger partial charge on any atom is 0.242 e. The highest BCUT2D eigenvalue weighted by Gasteiger charge is 2.17. The fraction of sp³-hybridized carbons (Fsp3) is 0.111. The second kappa shape index (κ2) is 5.18. The van der Waals surface area contributed by atoms with Crippen LogP contribution >= 0.6 is 27.5 Å². The topological polar surface area (TPSA) is 72.2 Å². The summed E-state index contributed by atoms with van der Waals surface area (Å²) in [6.45, 7) is 3.38. The van der Waals surface area contributed by atoms with Crippen molar-refractivity contribution >= 4 is 43.2 Å². The van der Waals surface area contributed by atoms with Crippen molar-refractivity contribution in [3.05, 3.63) is 34.3 Å². The number of nitrogens with one attached hydrogen (secondary N) is 1. The summed E-state index contributed by atoms with van der Waals surface area (Å²) in [7, 11) is -3.60. The molecule has 4 nitrogen and oxygen atoms in total. The van der Waals surface area contributed by atoms with E-state index in [2.05, 4.69) is 27.2 Å². The first-order valence-corrected chi connectivity index (χ1v) is 6.86. The summed E-state index contributed by atoms with van der Waals surface area (Å²) < 4.78 is 26.3. The van der Waals surface area contributed by atoms with Crippen LogP contribution in [0.2, 0.25) is 0 Å². The molecule has 0 unspecified atom stereocenters. The zero-order valence-corrected chi connectivity index (χ0v) is 11.4. The third kappa shape index (κ3) is 3.48. The number of rotatable bonds is 4. The lowest BCUT2D eigenvalue weighted by Crippen LogP contribution is -2.25. The van der Waals surface area contributed by atoms with Crippen LogP contribution in [0.5, 0.6) is 0 Å². The van der Waals surface area contributed by atoms with Crippen LogP contribution in [0, 0.1) is 0 Å². The maximum atomic E-state index is 11.8. The molecule has 0 aliphatic carbocycles. The first kappa shape index (κ1) is 13.5. The zero-order valence-electron chi connectivity index (χ0n) is 8.20. The zero-order chi connectivity index (χ0) is 12.3. The highest BCUT2D eigenvalue weighted by molar-refractivity contribution is 9.10. The molecule has 0 aromatic heterocycles. The molecule has 0 saturated carbocycles. The fourth-order valence-electron chi connectivity index (χ4n) is 0.986. The van der Waals surface area contributed by atoms with E-state index < -0.39 is 10.0 Å². The van der Waals surface area contributed by atoms with Gasteiger partial charge in [-0.1, -0.05) is 18.2 Å². The Hall–Kier alpha value is -0.560. The van der Waals surface area contributed by atoms with Crippen molar-refractivity contribution in [3.8, 4) is 0 Å². The SMILES string of the molecule is C=C(Cl)CNS(=O)(=O)c1ccc(N)cc1Br. The number of hydrogen-bond acceptors (Lipinski definition) is 3. The van der Waals surface area contributed by atoms with E-state index in [1.165, 1.54) is 18.2 Å². The number of nitrogens with two attached hydrogens (primary N) is 1. The molecule has 0 bridgehead atoms. The predicted octanol–water partition coefficient (Wildman–Crippen LogP) is 2.06. The molecule has 0 heterocycles. The smallest absolute Gasteiger partial charge is 0.242 e. The molecule has 88 valence electrons. The number of sulfonamides is 1. The predicted molar refractivity (Wildman–Crippen MR) is 68.7 cm³/mol. The maximum absolute atomic E-state index is 11.8. The lowest BCUT2D eigenvalue weighted by atomic mass is 10.3. The standard InChI is InChI=1S/C9H10BrClN2O2S/c1-6(11)5-13-16(14,15)9-3-2-7(12)4-8(9)10/h2-4,13H,1,5,12H2. The largest absolute Gasteiger partial charge is 0.399 e. The van der Waals surface area contributed by atoms with Gasteiger partial charge < -0.3 is 5.73 Å². The van der Waals surface area contributed by atoms with E-state index in [9.17, 15) is 8.42 Å². The first-order valence-electron chi connectivity index (χ1n) is 4.21. The molecule has 0 amide bonds. The van der Waals surface area contributed by atoms with Gasteiger partial charge in [0.05, 0.1) is 4.90 Å². The number of nitrogen functional groups attached to an aromatic ring is 1. The minimum Gasteiger partial charge on any atom is -0.399 e. The number of hydrogen-bond donors (Lipinski definition) is 2. The highest BCUT2D eigenvalue weighted by Crippen LogP contribution is 2.24. The lowest BCUT2D eigenvalue weighted by Gasteiger charge is -2.08. The minimum atomic E-state index is -3.60. The van der Waals surface area contributed by atoms with Crippen molar-refractivity contribution in [1.29, 1.82) is 0 Å². The molecule has 0 saturated heterocycles. The monoisotopic (exact) mass is 324 g/mol. The van der Waals surface area contributed by atoms with Crippen LogP contribution in [-0.4, -0.2) is 15.0 Å². The van der Waals surface area contributed by atoms with Crippen LogP contribution < -0.4 is 10.5 Å². The van der Waals surface area contributed by atoms with Crippen molar-refractivity contribution in [2.45, 2.75) is 4.90 Å². The summed E-state index contributed by atoms with van der Waals surface area (Å²) in [5, 5.41) is 0.218.